The van der Waals surface area contributed by atoms with E-state index in [0.717, 1.165) is 6.07 Å². The summed E-state index contributed by atoms with van der Waals surface area (Å²) in [5, 5.41) is 3.41. The Bertz CT molecular complexity index is 452. The minimum Gasteiger partial charge on any atom is -0.306 e. The Morgan fingerprint density at radius 1 is 1.11 bits per heavy atom. The zero-order chi connectivity index (χ0) is 13.7. The molecule has 1 N–H and O–H groups in total. The van der Waals surface area contributed by atoms with Gasteiger partial charge >= 0.3 is 0 Å². The molecular formula is C15H21F2N. The minimum atomic E-state index is -0.782. The zero-order valence-corrected chi connectivity index (χ0v) is 11.6. The van der Waals surface area contributed by atoms with Gasteiger partial charge in [0.05, 0.1) is 0 Å². The van der Waals surface area contributed by atoms with Crippen LogP contribution in [-0.2, 0) is 0 Å². The molecule has 0 spiro atoms. The summed E-state index contributed by atoms with van der Waals surface area (Å²) in [4.78, 5) is 0. The number of benzene rings is 1. The van der Waals surface area contributed by atoms with Crippen molar-refractivity contribution in [3.05, 3.63) is 35.4 Å². The quantitative estimate of drug-likeness (QED) is 0.857. The molecule has 1 aliphatic rings. The Morgan fingerprint density at radius 2 is 1.67 bits per heavy atom. The molecule has 1 aromatic carbocycles. The minimum absolute atomic E-state index is 0.186. The molecule has 1 unspecified atom stereocenters. The molecule has 1 nitrogen and oxygen atoms in total. The lowest BCUT2D eigenvalue weighted by molar-refractivity contribution is 0.452. The largest absolute Gasteiger partial charge is 0.306 e. The molecule has 0 aliphatic heterocycles. The third kappa shape index (κ3) is 1.85. The SMILES string of the molecule is CC(NC1C(C)(C)C1(C)C)c1cccc(F)c1F. The van der Waals surface area contributed by atoms with Crippen molar-refractivity contribution in [2.45, 2.75) is 46.7 Å². The lowest BCUT2D eigenvalue weighted by Gasteiger charge is -2.17. The highest BCUT2D eigenvalue weighted by Gasteiger charge is 2.64. The van der Waals surface area contributed by atoms with E-state index in [1.807, 2.05) is 6.92 Å². The summed E-state index contributed by atoms with van der Waals surface area (Å²) in [7, 11) is 0. The molecule has 1 atom stereocenters. The molecule has 100 valence electrons. The average molecular weight is 253 g/mol. The van der Waals surface area contributed by atoms with E-state index in [1.165, 1.54) is 0 Å². The van der Waals surface area contributed by atoms with Gasteiger partial charge in [0.15, 0.2) is 11.6 Å². The fourth-order valence-electron chi connectivity index (χ4n) is 2.81. The zero-order valence-electron chi connectivity index (χ0n) is 11.6. The number of halogens is 2. The average Bonchev–Trinajstić information content (AvgIpc) is 2.65. The number of hydrogen-bond acceptors (Lipinski definition) is 1. The number of hydrogen-bond donors (Lipinski definition) is 1. The van der Waals surface area contributed by atoms with Crippen LogP contribution in [0, 0.1) is 22.5 Å². The van der Waals surface area contributed by atoms with E-state index in [-0.39, 0.29) is 16.9 Å². The highest BCUT2D eigenvalue weighted by atomic mass is 19.2. The van der Waals surface area contributed by atoms with Crippen LogP contribution in [0.5, 0.6) is 0 Å². The molecule has 0 saturated heterocycles. The summed E-state index contributed by atoms with van der Waals surface area (Å²) in [5.74, 6) is -1.52. The predicted octanol–water partition coefficient (Wildman–Crippen LogP) is 4.05. The second-order valence-corrected chi connectivity index (χ2v) is 6.41. The van der Waals surface area contributed by atoms with Crippen LogP contribution in [0.1, 0.15) is 46.2 Å². The molecular weight excluding hydrogens is 232 g/mol. The summed E-state index contributed by atoms with van der Waals surface area (Å²) in [6, 6.07) is 4.47. The molecule has 3 heteroatoms. The van der Waals surface area contributed by atoms with Crippen LogP contribution >= 0.6 is 0 Å². The van der Waals surface area contributed by atoms with Crippen molar-refractivity contribution in [2.75, 3.05) is 0 Å². The molecule has 1 saturated carbocycles. The van der Waals surface area contributed by atoms with Gasteiger partial charge in [-0.1, -0.05) is 39.8 Å². The van der Waals surface area contributed by atoms with Crippen LogP contribution in [-0.4, -0.2) is 6.04 Å². The first kappa shape index (κ1) is 13.5. The molecule has 1 aromatic rings. The van der Waals surface area contributed by atoms with Crippen LogP contribution in [0.2, 0.25) is 0 Å². The Labute approximate surface area is 108 Å². The van der Waals surface area contributed by atoms with Crippen molar-refractivity contribution in [3.63, 3.8) is 0 Å². The van der Waals surface area contributed by atoms with E-state index in [9.17, 15) is 8.78 Å². The second-order valence-electron chi connectivity index (χ2n) is 6.41. The van der Waals surface area contributed by atoms with Gasteiger partial charge in [-0.15, -0.1) is 0 Å². The summed E-state index contributed by atoms with van der Waals surface area (Å²) < 4.78 is 26.9. The van der Waals surface area contributed by atoms with Crippen molar-refractivity contribution < 1.29 is 8.78 Å². The Kier molecular flexibility index (Phi) is 3.01. The van der Waals surface area contributed by atoms with E-state index in [1.54, 1.807) is 12.1 Å². The molecule has 0 amide bonds. The van der Waals surface area contributed by atoms with Gasteiger partial charge in [0.25, 0.3) is 0 Å². The van der Waals surface area contributed by atoms with Gasteiger partial charge in [-0.2, -0.15) is 0 Å². The maximum Gasteiger partial charge on any atom is 0.163 e. The van der Waals surface area contributed by atoms with Gasteiger partial charge in [-0.3, -0.25) is 0 Å². The van der Waals surface area contributed by atoms with Gasteiger partial charge in [0.2, 0.25) is 0 Å². The van der Waals surface area contributed by atoms with Crippen molar-refractivity contribution in [1.82, 2.24) is 5.32 Å². The molecule has 0 heterocycles. The van der Waals surface area contributed by atoms with Crippen molar-refractivity contribution in [1.29, 1.82) is 0 Å². The van der Waals surface area contributed by atoms with Gasteiger partial charge in [0, 0.05) is 17.6 Å². The second kappa shape index (κ2) is 4.02. The molecule has 1 aliphatic carbocycles. The molecule has 0 aromatic heterocycles. The first-order valence-electron chi connectivity index (χ1n) is 6.39. The lowest BCUT2D eigenvalue weighted by Crippen LogP contribution is -2.26. The van der Waals surface area contributed by atoms with Crippen LogP contribution < -0.4 is 5.32 Å². The molecule has 1 fully saturated rings. The predicted molar refractivity (Wildman–Crippen MR) is 69.3 cm³/mol. The first-order valence-corrected chi connectivity index (χ1v) is 6.39. The topological polar surface area (TPSA) is 12.0 Å². The summed E-state index contributed by atoms with van der Waals surface area (Å²) in [6.07, 6.45) is 0. The van der Waals surface area contributed by atoms with Crippen LogP contribution in [0.3, 0.4) is 0 Å². The third-order valence-electron chi connectivity index (χ3n) is 4.89. The Hall–Kier alpha value is -0.960. The van der Waals surface area contributed by atoms with E-state index in [4.69, 9.17) is 0 Å². The first-order chi connectivity index (χ1) is 8.19. The van der Waals surface area contributed by atoms with Gasteiger partial charge in [-0.05, 0) is 23.8 Å². The summed E-state index contributed by atoms with van der Waals surface area (Å²) >= 11 is 0. The van der Waals surface area contributed by atoms with E-state index < -0.39 is 11.6 Å². The molecule has 18 heavy (non-hydrogen) atoms. The maximum atomic E-state index is 13.7. The van der Waals surface area contributed by atoms with E-state index >= 15 is 0 Å². The van der Waals surface area contributed by atoms with E-state index in [2.05, 4.69) is 33.0 Å². The van der Waals surface area contributed by atoms with Crippen LogP contribution in [0.25, 0.3) is 0 Å². The standard InChI is InChI=1S/C15H21F2N/c1-9(10-7-6-8-11(16)12(10)17)18-13-14(2,3)15(13,4)5/h6-9,13,18H,1-5H3. The Balaban J connectivity index is 2.15. The third-order valence-corrected chi connectivity index (χ3v) is 4.89. The van der Waals surface area contributed by atoms with Gasteiger partial charge < -0.3 is 5.32 Å². The van der Waals surface area contributed by atoms with Crippen LogP contribution in [0.15, 0.2) is 18.2 Å². The molecule has 0 radical (unpaired) electrons. The summed E-state index contributed by atoms with van der Waals surface area (Å²) in [5.41, 5.74) is 0.768. The van der Waals surface area contributed by atoms with E-state index in [0.29, 0.717) is 11.6 Å². The highest BCUT2D eigenvalue weighted by Crippen LogP contribution is 2.63. The normalized spacial score (nSPS) is 22.8. The smallest absolute Gasteiger partial charge is 0.163 e. The molecule has 0 bridgehead atoms. The van der Waals surface area contributed by atoms with Crippen LogP contribution in [0.4, 0.5) is 8.78 Å². The van der Waals surface area contributed by atoms with Crippen molar-refractivity contribution in [3.8, 4) is 0 Å². The number of nitrogens with one attached hydrogen (secondary N) is 1. The lowest BCUT2D eigenvalue weighted by atomic mass is 10.0. The Morgan fingerprint density at radius 3 is 2.17 bits per heavy atom. The monoisotopic (exact) mass is 253 g/mol. The highest BCUT2D eigenvalue weighted by molar-refractivity contribution is 5.25. The van der Waals surface area contributed by atoms with Crippen molar-refractivity contribution >= 4 is 0 Å². The van der Waals surface area contributed by atoms with Gasteiger partial charge in [0.1, 0.15) is 0 Å². The molecule has 2 rings (SSSR count). The maximum absolute atomic E-state index is 13.7. The fourth-order valence-corrected chi connectivity index (χ4v) is 2.81. The van der Waals surface area contributed by atoms with Gasteiger partial charge in [-0.25, -0.2) is 8.78 Å². The fraction of sp³-hybridized carbons (Fsp3) is 0.600. The number of rotatable bonds is 3. The summed E-state index contributed by atoms with van der Waals surface area (Å²) in [6.45, 7) is 10.7. The van der Waals surface area contributed by atoms with Crippen molar-refractivity contribution in [2.24, 2.45) is 10.8 Å².